The molecule has 0 fully saturated rings. The van der Waals surface area contributed by atoms with Crippen LogP contribution in [0.15, 0.2) is 22.7 Å². The third-order valence-corrected chi connectivity index (χ3v) is 3.42. The molecular weight excluding hydrogens is 295 g/mol. The van der Waals surface area contributed by atoms with Crippen molar-refractivity contribution in [3.05, 3.63) is 34.1 Å². The molecule has 0 aliphatic heterocycles. The van der Waals surface area contributed by atoms with E-state index < -0.39 is 14.9 Å². The van der Waals surface area contributed by atoms with Gasteiger partial charge < -0.3 is 0 Å². The molecule has 0 radical (unpaired) electrons. The van der Waals surface area contributed by atoms with Gasteiger partial charge in [-0.15, -0.1) is 0 Å². The lowest BCUT2D eigenvalue weighted by Crippen LogP contribution is -2.01. The van der Waals surface area contributed by atoms with Crippen molar-refractivity contribution in [2.75, 3.05) is 5.75 Å². The normalized spacial score (nSPS) is 11.6. The molecule has 0 saturated heterocycles. The van der Waals surface area contributed by atoms with Crippen molar-refractivity contribution in [2.24, 2.45) is 0 Å². The molecule has 0 aromatic heterocycles. The summed E-state index contributed by atoms with van der Waals surface area (Å²) in [5, 5.41) is 0. The Hall–Kier alpha value is -0.130. The molecule has 0 unspecified atom stereocenters. The Morgan fingerprint density at radius 2 is 2.07 bits per heavy atom. The molecule has 1 aromatic rings. The summed E-state index contributed by atoms with van der Waals surface area (Å²) in [7, 11) is 1.52. The Kier molecular flexibility index (Phi) is 3.92. The van der Waals surface area contributed by atoms with Gasteiger partial charge in [0.1, 0.15) is 5.82 Å². The number of aryl methyl sites for hydroxylation is 1. The zero-order valence-corrected chi connectivity index (χ0v) is 10.2. The molecule has 0 amide bonds. The van der Waals surface area contributed by atoms with Crippen molar-refractivity contribution in [1.82, 2.24) is 0 Å². The Bertz CT molecular complexity index is 433. The van der Waals surface area contributed by atoms with Crippen LogP contribution in [0.4, 0.5) is 4.39 Å². The second-order valence-corrected chi connectivity index (χ2v) is 6.49. The van der Waals surface area contributed by atoms with Crippen molar-refractivity contribution in [2.45, 2.75) is 6.42 Å². The van der Waals surface area contributed by atoms with Crippen LogP contribution in [0.2, 0.25) is 0 Å². The summed E-state index contributed by atoms with van der Waals surface area (Å²) in [5.41, 5.74) is 0.606. The van der Waals surface area contributed by atoms with Crippen LogP contribution in [0.1, 0.15) is 5.56 Å². The average molecular weight is 302 g/mol. The first-order valence-corrected chi connectivity index (χ1v) is 7.02. The quantitative estimate of drug-likeness (QED) is 0.805. The van der Waals surface area contributed by atoms with Crippen molar-refractivity contribution in [3.63, 3.8) is 0 Å². The topological polar surface area (TPSA) is 34.1 Å². The summed E-state index contributed by atoms with van der Waals surface area (Å²) in [5.74, 6) is -0.593. The molecule has 1 rings (SSSR count). The third kappa shape index (κ3) is 3.94. The monoisotopic (exact) mass is 300 g/mol. The highest BCUT2D eigenvalue weighted by Gasteiger charge is 2.07. The Morgan fingerprint density at radius 3 is 2.57 bits per heavy atom. The van der Waals surface area contributed by atoms with E-state index in [0.717, 1.165) is 0 Å². The molecule has 0 N–H and O–H groups in total. The van der Waals surface area contributed by atoms with E-state index in [0.29, 0.717) is 10.0 Å². The smallest absolute Gasteiger partial charge is 0.212 e. The van der Waals surface area contributed by atoms with Gasteiger partial charge in [-0.05, 0) is 40.0 Å². The standard InChI is InChI=1S/C8H7BrClFO2S/c9-7-2-1-6(5-8(7)11)3-4-14(10,12)13/h1-2,5H,3-4H2. The van der Waals surface area contributed by atoms with Crippen LogP contribution >= 0.6 is 26.6 Å². The lowest BCUT2D eigenvalue weighted by Gasteiger charge is -2.00. The lowest BCUT2D eigenvalue weighted by molar-refractivity contribution is 0.607. The molecule has 0 aliphatic rings. The van der Waals surface area contributed by atoms with Crippen LogP contribution in [0.3, 0.4) is 0 Å². The lowest BCUT2D eigenvalue weighted by atomic mass is 10.2. The average Bonchev–Trinajstić information content (AvgIpc) is 2.06. The largest absolute Gasteiger partial charge is 0.232 e. The van der Waals surface area contributed by atoms with E-state index in [-0.39, 0.29) is 12.2 Å². The molecular formula is C8H7BrClFO2S. The fourth-order valence-corrected chi connectivity index (χ4v) is 1.89. The second-order valence-electron chi connectivity index (χ2n) is 2.74. The van der Waals surface area contributed by atoms with Gasteiger partial charge in [0.2, 0.25) is 9.05 Å². The molecule has 0 spiro atoms. The Balaban J connectivity index is 2.74. The molecule has 0 bridgehead atoms. The van der Waals surface area contributed by atoms with E-state index in [1.165, 1.54) is 12.1 Å². The molecule has 6 heteroatoms. The summed E-state index contributed by atoms with van der Waals surface area (Å²) in [4.78, 5) is 0. The van der Waals surface area contributed by atoms with Gasteiger partial charge in [-0.1, -0.05) is 6.07 Å². The Labute approximate surface area is 94.6 Å². The highest BCUT2D eigenvalue weighted by atomic mass is 79.9. The van der Waals surface area contributed by atoms with Gasteiger partial charge in [0.15, 0.2) is 0 Å². The fraction of sp³-hybridized carbons (Fsp3) is 0.250. The summed E-state index contributed by atoms with van der Waals surface area (Å²) in [6.07, 6.45) is 0.218. The summed E-state index contributed by atoms with van der Waals surface area (Å²) >= 11 is 3.00. The second kappa shape index (κ2) is 4.59. The van der Waals surface area contributed by atoms with E-state index in [2.05, 4.69) is 15.9 Å². The van der Waals surface area contributed by atoms with Crippen molar-refractivity contribution in [3.8, 4) is 0 Å². The summed E-state index contributed by atoms with van der Waals surface area (Å²) in [6.45, 7) is 0. The van der Waals surface area contributed by atoms with Crippen LogP contribution in [0.5, 0.6) is 0 Å². The number of hydrogen-bond donors (Lipinski definition) is 0. The minimum atomic E-state index is -3.51. The molecule has 2 nitrogen and oxygen atoms in total. The SMILES string of the molecule is O=S(=O)(Cl)CCc1ccc(Br)c(F)c1. The molecule has 0 saturated carbocycles. The van der Waals surface area contributed by atoms with E-state index in [9.17, 15) is 12.8 Å². The predicted molar refractivity (Wildman–Crippen MR) is 57.4 cm³/mol. The molecule has 0 heterocycles. The van der Waals surface area contributed by atoms with Crippen LogP contribution in [-0.2, 0) is 15.5 Å². The van der Waals surface area contributed by atoms with Crippen LogP contribution < -0.4 is 0 Å². The maximum atomic E-state index is 13.0. The number of rotatable bonds is 3. The summed E-state index contributed by atoms with van der Waals surface area (Å²) in [6, 6.07) is 4.47. The maximum Gasteiger partial charge on any atom is 0.232 e. The molecule has 1 aromatic carbocycles. The maximum absolute atomic E-state index is 13.0. The van der Waals surface area contributed by atoms with Gasteiger partial charge in [-0.2, -0.15) is 0 Å². The van der Waals surface area contributed by atoms with Gasteiger partial charge >= 0.3 is 0 Å². The predicted octanol–water partition coefficient (Wildman–Crippen LogP) is 2.70. The highest BCUT2D eigenvalue weighted by Crippen LogP contribution is 2.17. The van der Waals surface area contributed by atoms with Crippen molar-refractivity contribution >= 4 is 35.7 Å². The number of halogens is 3. The van der Waals surface area contributed by atoms with Gasteiger partial charge in [0.25, 0.3) is 0 Å². The molecule has 0 atom stereocenters. The first-order chi connectivity index (χ1) is 6.38. The van der Waals surface area contributed by atoms with E-state index >= 15 is 0 Å². The minimum absolute atomic E-state index is 0.185. The fourth-order valence-electron chi connectivity index (χ4n) is 0.935. The highest BCUT2D eigenvalue weighted by molar-refractivity contribution is 9.10. The van der Waals surface area contributed by atoms with E-state index in [4.69, 9.17) is 10.7 Å². The van der Waals surface area contributed by atoms with Crippen LogP contribution in [0, 0.1) is 5.82 Å². The summed E-state index contributed by atoms with van der Waals surface area (Å²) < 4.78 is 34.6. The minimum Gasteiger partial charge on any atom is -0.212 e. The third-order valence-electron chi connectivity index (χ3n) is 1.62. The first-order valence-electron chi connectivity index (χ1n) is 3.75. The van der Waals surface area contributed by atoms with Gasteiger partial charge in [0.05, 0.1) is 10.2 Å². The molecule has 0 aliphatic carbocycles. The number of benzene rings is 1. The molecule has 78 valence electrons. The first kappa shape index (κ1) is 11.9. The van der Waals surface area contributed by atoms with Crippen molar-refractivity contribution in [1.29, 1.82) is 0 Å². The zero-order chi connectivity index (χ0) is 10.8. The zero-order valence-electron chi connectivity index (χ0n) is 7.00. The van der Waals surface area contributed by atoms with E-state index in [1.54, 1.807) is 6.07 Å². The molecule has 14 heavy (non-hydrogen) atoms. The van der Waals surface area contributed by atoms with Crippen LogP contribution in [-0.4, -0.2) is 14.2 Å². The van der Waals surface area contributed by atoms with Gasteiger partial charge in [-0.25, -0.2) is 12.8 Å². The van der Waals surface area contributed by atoms with E-state index in [1.807, 2.05) is 0 Å². The van der Waals surface area contributed by atoms with Gasteiger partial charge in [0, 0.05) is 10.7 Å². The van der Waals surface area contributed by atoms with Crippen molar-refractivity contribution < 1.29 is 12.8 Å². The Morgan fingerprint density at radius 1 is 1.43 bits per heavy atom. The number of hydrogen-bond acceptors (Lipinski definition) is 2. The van der Waals surface area contributed by atoms with Crippen LogP contribution in [0.25, 0.3) is 0 Å². The van der Waals surface area contributed by atoms with Gasteiger partial charge in [-0.3, -0.25) is 0 Å².